The lowest BCUT2D eigenvalue weighted by molar-refractivity contribution is 0.0550. The van der Waals surface area contributed by atoms with Crippen LogP contribution in [0.25, 0.3) is 0 Å². The minimum absolute atomic E-state index is 0. The lowest BCUT2D eigenvalue weighted by atomic mass is 10.3. The molecule has 1 fully saturated rings. The van der Waals surface area contributed by atoms with E-state index in [1.165, 1.54) is 0 Å². The van der Waals surface area contributed by atoms with Gasteiger partial charge in [-0.25, -0.2) is 0 Å². The third-order valence-electron chi connectivity index (χ3n) is 1.22. The Labute approximate surface area is 60.8 Å². The molecule has 0 aromatic rings. The van der Waals surface area contributed by atoms with E-state index < -0.39 is 0 Å². The van der Waals surface area contributed by atoms with Crippen LogP contribution < -0.4 is 5.32 Å². The van der Waals surface area contributed by atoms with Gasteiger partial charge in [0.2, 0.25) is 0 Å². The Morgan fingerprint density at radius 3 is 2.78 bits per heavy atom. The Bertz CT molecular complexity index is 66.0. The molecule has 0 radical (unpaired) electrons. The molecule has 0 saturated carbocycles. The van der Waals surface area contributed by atoms with Crippen LogP contribution >= 0.6 is 12.4 Å². The van der Waals surface area contributed by atoms with Crippen molar-refractivity contribution in [2.24, 2.45) is 0 Å². The summed E-state index contributed by atoms with van der Waals surface area (Å²) in [7, 11) is 0. The zero-order valence-corrected chi connectivity index (χ0v) is 5.99. The van der Waals surface area contributed by atoms with Crippen molar-refractivity contribution in [2.45, 2.75) is 6.04 Å². The number of nitrogens with one attached hydrogen (secondary N) is 1. The Hall–Kier alpha value is 0.170. The van der Waals surface area contributed by atoms with Gasteiger partial charge < -0.3 is 15.2 Å². The first kappa shape index (κ1) is 9.17. The smallest absolute Gasteiger partial charge is 0.0642 e. The second-order valence-corrected chi connectivity index (χ2v) is 1.91. The molecule has 1 aliphatic rings. The van der Waals surface area contributed by atoms with E-state index in [2.05, 4.69) is 5.32 Å². The molecule has 1 aliphatic heterocycles. The van der Waals surface area contributed by atoms with E-state index in [1.54, 1.807) is 0 Å². The highest BCUT2D eigenvalue weighted by molar-refractivity contribution is 5.85. The second kappa shape index (κ2) is 4.99. The summed E-state index contributed by atoms with van der Waals surface area (Å²) in [5.41, 5.74) is 0. The average molecular weight is 154 g/mol. The van der Waals surface area contributed by atoms with E-state index in [0.717, 1.165) is 13.2 Å². The van der Waals surface area contributed by atoms with Crippen molar-refractivity contribution in [3.63, 3.8) is 0 Å². The molecule has 0 amide bonds. The zero-order valence-electron chi connectivity index (χ0n) is 5.17. The van der Waals surface area contributed by atoms with Crippen molar-refractivity contribution in [3.8, 4) is 0 Å². The molecule has 0 bridgehead atoms. The number of hydrogen-bond donors (Lipinski definition) is 2. The van der Waals surface area contributed by atoms with E-state index in [4.69, 9.17) is 9.84 Å². The maximum absolute atomic E-state index is 8.55. The predicted octanol–water partition coefficient (Wildman–Crippen LogP) is -0.611. The fourth-order valence-electron chi connectivity index (χ4n) is 0.737. The lowest BCUT2D eigenvalue weighted by Gasteiger charge is -2.21. The van der Waals surface area contributed by atoms with Gasteiger partial charge >= 0.3 is 0 Å². The van der Waals surface area contributed by atoms with Gasteiger partial charge in [-0.05, 0) is 0 Å². The van der Waals surface area contributed by atoms with Crippen LogP contribution in [-0.4, -0.2) is 37.5 Å². The van der Waals surface area contributed by atoms with Crippen LogP contribution in [0.1, 0.15) is 0 Å². The van der Waals surface area contributed by atoms with Crippen LogP contribution in [0.2, 0.25) is 0 Å². The molecule has 2 N–H and O–H groups in total. The molecule has 1 saturated heterocycles. The van der Waals surface area contributed by atoms with Crippen molar-refractivity contribution in [1.29, 1.82) is 0 Å². The third-order valence-corrected chi connectivity index (χ3v) is 1.22. The Morgan fingerprint density at radius 2 is 2.44 bits per heavy atom. The molecule has 1 atom stereocenters. The molecule has 1 heterocycles. The van der Waals surface area contributed by atoms with Gasteiger partial charge in [-0.3, -0.25) is 0 Å². The maximum atomic E-state index is 8.55. The summed E-state index contributed by atoms with van der Waals surface area (Å²) in [6, 6.07) is 0.170. The van der Waals surface area contributed by atoms with Gasteiger partial charge in [0.25, 0.3) is 0 Å². The van der Waals surface area contributed by atoms with E-state index in [1.807, 2.05) is 0 Å². The van der Waals surface area contributed by atoms with Crippen molar-refractivity contribution >= 4 is 12.4 Å². The molecule has 0 aromatic heterocycles. The zero-order chi connectivity index (χ0) is 5.82. The molecule has 0 aliphatic carbocycles. The van der Waals surface area contributed by atoms with Crippen LogP contribution in [0.3, 0.4) is 0 Å². The first-order valence-corrected chi connectivity index (χ1v) is 2.85. The monoisotopic (exact) mass is 153 g/mol. The molecule has 0 aromatic carbocycles. The predicted molar refractivity (Wildman–Crippen MR) is 36.9 cm³/mol. The minimum atomic E-state index is 0. The van der Waals surface area contributed by atoms with Gasteiger partial charge in [0.05, 0.1) is 25.9 Å². The Morgan fingerprint density at radius 1 is 1.67 bits per heavy atom. The van der Waals surface area contributed by atoms with Crippen LogP contribution in [0.4, 0.5) is 0 Å². The molecule has 0 spiro atoms. The summed E-state index contributed by atoms with van der Waals surface area (Å²) < 4.78 is 5.05. The quantitative estimate of drug-likeness (QED) is 0.528. The highest BCUT2D eigenvalue weighted by Crippen LogP contribution is 1.89. The van der Waals surface area contributed by atoms with E-state index in [0.29, 0.717) is 6.61 Å². The van der Waals surface area contributed by atoms with Crippen molar-refractivity contribution in [1.82, 2.24) is 5.32 Å². The highest BCUT2D eigenvalue weighted by Gasteiger charge is 2.09. The molecular weight excluding hydrogens is 142 g/mol. The maximum Gasteiger partial charge on any atom is 0.0642 e. The molecule has 0 unspecified atom stereocenters. The first-order chi connectivity index (χ1) is 3.93. The fraction of sp³-hybridized carbons (Fsp3) is 1.00. The molecule has 3 nitrogen and oxygen atoms in total. The van der Waals surface area contributed by atoms with Gasteiger partial charge in [-0.15, -0.1) is 12.4 Å². The van der Waals surface area contributed by atoms with Gasteiger partial charge in [0.15, 0.2) is 0 Å². The van der Waals surface area contributed by atoms with Gasteiger partial charge in [0.1, 0.15) is 0 Å². The van der Waals surface area contributed by atoms with E-state index in [-0.39, 0.29) is 25.1 Å². The summed E-state index contributed by atoms with van der Waals surface area (Å²) in [4.78, 5) is 0. The largest absolute Gasteiger partial charge is 0.395 e. The van der Waals surface area contributed by atoms with Gasteiger partial charge in [0, 0.05) is 6.54 Å². The summed E-state index contributed by atoms with van der Waals surface area (Å²) in [6.07, 6.45) is 0. The number of morpholine rings is 1. The van der Waals surface area contributed by atoms with Crippen LogP contribution in [0, 0.1) is 0 Å². The fourth-order valence-corrected chi connectivity index (χ4v) is 0.737. The van der Waals surface area contributed by atoms with Gasteiger partial charge in [-0.2, -0.15) is 0 Å². The molecular formula is C5H12ClNO2. The average Bonchev–Trinajstić information content (AvgIpc) is 1.90. The summed E-state index contributed by atoms with van der Waals surface area (Å²) >= 11 is 0. The molecule has 56 valence electrons. The van der Waals surface area contributed by atoms with E-state index >= 15 is 0 Å². The number of ether oxygens (including phenoxy) is 1. The topological polar surface area (TPSA) is 41.5 Å². The van der Waals surface area contributed by atoms with Gasteiger partial charge in [-0.1, -0.05) is 0 Å². The number of hydrogen-bond acceptors (Lipinski definition) is 3. The Kier molecular flexibility index (Phi) is 5.09. The number of aliphatic hydroxyl groups excluding tert-OH is 1. The van der Waals surface area contributed by atoms with Crippen molar-refractivity contribution in [3.05, 3.63) is 0 Å². The van der Waals surface area contributed by atoms with Crippen LogP contribution in [0.5, 0.6) is 0 Å². The normalized spacial score (nSPS) is 27.0. The third kappa shape index (κ3) is 3.01. The first-order valence-electron chi connectivity index (χ1n) is 2.85. The van der Waals surface area contributed by atoms with Crippen molar-refractivity contribution in [2.75, 3.05) is 26.4 Å². The summed E-state index contributed by atoms with van der Waals surface area (Å²) in [5.74, 6) is 0. The summed E-state index contributed by atoms with van der Waals surface area (Å²) in [5, 5.41) is 11.6. The number of rotatable bonds is 1. The SMILES string of the molecule is Cl.OC[C@H]1COCCN1. The lowest BCUT2D eigenvalue weighted by Crippen LogP contribution is -2.43. The number of aliphatic hydroxyl groups is 1. The Balaban J connectivity index is 0.000000640. The summed E-state index contributed by atoms with van der Waals surface area (Å²) in [6.45, 7) is 2.47. The molecule has 4 heteroatoms. The number of halogens is 1. The molecule has 9 heavy (non-hydrogen) atoms. The highest BCUT2D eigenvalue weighted by atomic mass is 35.5. The van der Waals surface area contributed by atoms with Crippen LogP contribution in [-0.2, 0) is 4.74 Å². The second-order valence-electron chi connectivity index (χ2n) is 1.91. The van der Waals surface area contributed by atoms with Crippen molar-refractivity contribution < 1.29 is 9.84 Å². The van der Waals surface area contributed by atoms with Crippen LogP contribution in [0.15, 0.2) is 0 Å². The van der Waals surface area contributed by atoms with E-state index in [9.17, 15) is 0 Å². The standard InChI is InChI=1S/C5H11NO2.ClH/c7-3-5-4-8-2-1-6-5;/h5-7H,1-4H2;1H/t5-;/m0./s1. The minimum Gasteiger partial charge on any atom is -0.395 e. The molecule has 1 rings (SSSR count).